The van der Waals surface area contributed by atoms with E-state index in [2.05, 4.69) is 66.7 Å². The molecule has 0 saturated heterocycles. The highest BCUT2D eigenvalue weighted by molar-refractivity contribution is 7.97. The number of rotatable bonds is 15. The van der Waals surface area contributed by atoms with Crippen LogP contribution in [0.4, 0.5) is 13.2 Å². The maximum Gasteiger partial charge on any atom is 0.522 e. The minimum absolute atomic E-state index is 0.104. The molecule has 338 valence electrons. The second-order valence-corrected chi connectivity index (χ2v) is 22.6. The molecule has 1 aliphatic carbocycles. The fourth-order valence-corrected chi connectivity index (χ4v) is 12.7. The third kappa shape index (κ3) is 9.91. The number of fused-ring (bicyclic) bond motifs is 3. The van der Waals surface area contributed by atoms with Crippen LogP contribution < -0.4 is 9.47 Å². The molecule has 0 aliphatic heterocycles. The largest absolute Gasteiger partial charge is 0.522 e. The molecule has 0 fully saturated rings. The summed E-state index contributed by atoms with van der Waals surface area (Å²) in [6.07, 6.45) is 2.79. The van der Waals surface area contributed by atoms with Gasteiger partial charge in [0, 0.05) is 0 Å². The number of hydrogen-bond donors (Lipinski definition) is 1. The topological polar surface area (TPSA) is 141 Å². The van der Waals surface area contributed by atoms with Gasteiger partial charge in [0.15, 0.2) is 34.4 Å². The summed E-state index contributed by atoms with van der Waals surface area (Å²) in [4.78, 5) is 3.48. The van der Waals surface area contributed by atoms with E-state index in [0.717, 1.165) is 72.4 Å². The average molecular weight is 954 g/mol. The van der Waals surface area contributed by atoms with E-state index in [-0.39, 0.29) is 11.5 Å². The van der Waals surface area contributed by atoms with Gasteiger partial charge < -0.3 is 9.47 Å². The van der Waals surface area contributed by atoms with E-state index in [1.165, 1.54) is 0 Å². The fourth-order valence-electron chi connectivity index (χ4n) is 7.74. The predicted molar refractivity (Wildman–Crippen MR) is 243 cm³/mol. The van der Waals surface area contributed by atoms with Crippen molar-refractivity contribution in [3.8, 4) is 22.6 Å². The molecule has 6 aromatic rings. The molecule has 16 heteroatoms. The Morgan fingerprint density at radius 1 is 0.547 bits per heavy atom. The molecule has 7 rings (SSSR count). The second kappa shape index (κ2) is 19.5. The van der Waals surface area contributed by atoms with Gasteiger partial charge >= 0.3 is 15.6 Å². The Morgan fingerprint density at radius 3 is 1.33 bits per heavy atom. The van der Waals surface area contributed by atoms with Gasteiger partial charge in [0.2, 0.25) is 0 Å². The summed E-state index contributed by atoms with van der Waals surface area (Å²) in [5, 5.41) is 0. The summed E-state index contributed by atoms with van der Waals surface area (Å²) in [7, 11) is -10.1. The van der Waals surface area contributed by atoms with Crippen molar-refractivity contribution in [3.05, 3.63) is 162 Å². The highest BCUT2D eigenvalue weighted by Gasteiger charge is 2.48. The molecule has 9 nitrogen and oxygen atoms in total. The third-order valence-electron chi connectivity index (χ3n) is 11.0. The second-order valence-electron chi connectivity index (χ2n) is 15.0. The highest BCUT2D eigenvalue weighted by atomic mass is 32.2. The van der Waals surface area contributed by atoms with Gasteiger partial charge in [0.25, 0.3) is 0 Å². The van der Waals surface area contributed by atoms with Crippen molar-refractivity contribution < 1.29 is 52.5 Å². The quantitative estimate of drug-likeness (QED) is 0.0604. The zero-order chi connectivity index (χ0) is 46.5. The number of alkyl halides is 3. The number of sulfone groups is 2. The van der Waals surface area contributed by atoms with Crippen molar-refractivity contribution in [2.75, 3.05) is 25.7 Å². The molecule has 0 bridgehead atoms. The molecule has 0 spiro atoms. The van der Waals surface area contributed by atoms with Gasteiger partial charge in [-0.15, -0.1) is 0 Å². The van der Waals surface area contributed by atoms with Crippen LogP contribution in [0.1, 0.15) is 61.8 Å². The number of methoxy groups -OCH3 is 2. The molecule has 0 heterocycles. The van der Waals surface area contributed by atoms with Gasteiger partial charge in [-0.3, -0.25) is 4.55 Å². The summed E-state index contributed by atoms with van der Waals surface area (Å²) in [5.74, 6) is 1.74. The van der Waals surface area contributed by atoms with Crippen molar-refractivity contribution in [2.45, 2.75) is 74.9 Å². The zero-order valence-electron chi connectivity index (χ0n) is 35.5. The molecule has 0 unspecified atom stereocenters. The number of halogens is 3. The Morgan fingerprint density at radius 2 is 0.938 bits per heavy atom. The minimum Gasteiger partial charge on any atom is -0.497 e. The lowest BCUT2D eigenvalue weighted by Gasteiger charge is -2.34. The van der Waals surface area contributed by atoms with E-state index < -0.39 is 51.6 Å². The number of benzene rings is 6. The lowest BCUT2D eigenvalue weighted by molar-refractivity contribution is -0.0510. The Balaban J connectivity index is 0.000000776. The van der Waals surface area contributed by atoms with Crippen molar-refractivity contribution in [3.63, 3.8) is 0 Å². The van der Waals surface area contributed by atoms with Gasteiger partial charge in [-0.05, 0) is 137 Å². The Labute approximate surface area is 376 Å². The van der Waals surface area contributed by atoms with E-state index in [4.69, 9.17) is 22.4 Å². The van der Waals surface area contributed by atoms with Crippen LogP contribution in [0.25, 0.3) is 11.1 Å². The zero-order valence-corrected chi connectivity index (χ0v) is 38.8. The Bertz CT molecular complexity index is 2770. The summed E-state index contributed by atoms with van der Waals surface area (Å²) in [5.41, 5.74) is 0.451. The normalized spacial score (nSPS) is 13.4. The van der Waals surface area contributed by atoms with Gasteiger partial charge in [-0.2, -0.15) is 21.6 Å². The first kappa shape index (κ1) is 48.3. The smallest absolute Gasteiger partial charge is 0.497 e. The molecule has 0 aromatic heterocycles. The van der Waals surface area contributed by atoms with Crippen molar-refractivity contribution >= 4 is 40.7 Å². The predicted octanol–water partition coefficient (Wildman–Crippen LogP) is 10.7. The van der Waals surface area contributed by atoms with Crippen LogP contribution in [0.15, 0.2) is 164 Å². The Kier molecular flexibility index (Phi) is 14.8. The van der Waals surface area contributed by atoms with Gasteiger partial charge in [0.05, 0.1) is 51.8 Å². The number of unbranched alkanes of at least 4 members (excludes halogenated alkanes) is 2. The standard InChI is InChI=1S/C47H47O6S3.CHF3O3S/c1-5-7-31-55(48,49)41-26-21-38(22-27-41)54(39-23-28-42(29-24-39)56(50,51)32-8-6-2)40-25-30-44-43-11-9-10-12-45(43)47(46(44)33-40,34-13-17-36(52-3)18-14-34)35-15-19-37(53-4)20-16-35;2-1(3,4)8(5,6)7/h9-30,33H,5-8,31-32H2,1-4H3;(H,5,6,7)/q+1;. The number of ether oxygens (including phenoxy) is 2. The summed E-state index contributed by atoms with van der Waals surface area (Å²) >= 11 is 0. The lowest BCUT2D eigenvalue weighted by Crippen LogP contribution is -2.28. The van der Waals surface area contributed by atoms with E-state index in [0.29, 0.717) is 22.6 Å². The van der Waals surface area contributed by atoms with Crippen LogP contribution in [0, 0.1) is 0 Å². The SMILES string of the molecule is CCCCS(=O)(=O)c1ccc([S+](c2ccc(S(=O)(=O)CCCC)cc2)c2ccc3c(c2)C(c2ccc(OC)cc2)(c2ccc(OC)cc2)c2ccccc2-3)cc1.O=S(=O)(O)C(F)(F)F. The van der Waals surface area contributed by atoms with Crippen LogP contribution >= 0.6 is 0 Å². The molecule has 6 aromatic carbocycles. The molecule has 0 atom stereocenters. The van der Waals surface area contributed by atoms with Gasteiger partial charge in [0.1, 0.15) is 11.5 Å². The van der Waals surface area contributed by atoms with Crippen molar-refractivity contribution in [1.29, 1.82) is 0 Å². The number of hydrogen-bond acceptors (Lipinski definition) is 8. The molecule has 64 heavy (non-hydrogen) atoms. The van der Waals surface area contributed by atoms with E-state index in [1.807, 2.05) is 62.4 Å². The van der Waals surface area contributed by atoms with Gasteiger partial charge in [-0.1, -0.05) is 75.2 Å². The maximum absolute atomic E-state index is 13.2. The Hall–Kier alpha value is -5.13. The molecule has 0 amide bonds. The highest BCUT2D eigenvalue weighted by Crippen LogP contribution is 2.57. The lowest BCUT2D eigenvalue weighted by atomic mass is 9.67. The molecule has 1 N–H and O–H groups in total. The molecule has 1 aliphatic rings. The van der Waals surface area contributed by atoms with E-state index in [9.17, 15) is 30.0 Å². The van der Waals surface area contributed by atoms with Crippen LogP contribution in [0.3, 0.4) is 0 Å². The van der Waals surface area contributed by atoms with Crippen LogP contribution in [-0.2, 0) is 46.1 Å². The molecule has 0 saturated carbocycles. The van der Waals surface area contributed by atoms with Crippen molar-refractivity contribution in [1.82, 2.24) is 0 Å². The first-order valence-electron chi connectivity index (χ1n) is 20.3. The third-order valence-corrected chi connectivity index (χ3v) is 17.4. The van der Waals surface area contributed by atoms with E-state index >= 15 is 0 Å². The maximum atomic E-state index is 13.2. The monoisotopic (exact) mass is 953 g/mol. The molecule has 0 radical (unpaired) electrons. The minimum atomic E-state index is -5.84. The summed E-state index contributed by atoms with van der Waals surface area (Å²) in [6, 6.07) is 46.3. The first-order valence-corrected chi connectivity index (χ1v) is 26.3. The van der Waals surface area contributed by atoms with Gasteiger partial charge in [-0.25, -0.2) is 16.8 Å². The van der Waals surface area contributed by atoms with Crippen LogP contribution in [-0.4, -0.2) is 61.0 Å². The first-order chi connectivity index (χ1) is 30.3. The molecular weight excluding hydrogens is 906 g/mol. The van der Waals surface area contributed by atoms with E-state index in [1.54, 1.807) is 38.5 Å². The van der Waals surface area contributed by atoms with Crippen LogP contribution in [0.5, 0.6) is 11.5 Å². The summed E-state index contributed by atoms with van der Waals surface area (Å²) in [6.45, 7) is 3.97. The fraction of sp³-hybridized carbons (Fsp3) is 0.250. The average Bonchev–Trinajstić information content (AvgIpc) is 3.58. The molecular formula is C48H48F3O9S4+. The van der Waals surface area contributed by atoms with Crippen molar-refractivity contribution in [2.24, 2.45) is 0 Å². The van der Waals surface area contributed by atoms with Crippen LogP contribution in [0.2, 0.25) is 0 Å². The summed E-state index contributed by atoms with van der Waals surface area (Å²) < 4.78 is 122.